The zero-order chi connectivity index (χ0) is 17.2. The van der Waals surface area contributed by atoms with Gasteiger partial charge in [0.05, 0.1) is 17.5 Å². The summed E-state index contributed by atoms with van der Waals surface area (Å²) in [6, 6.07) is 6.84. The predicted octanol–water partition coefficient (Wildman–Crippen LogP) is 2.93. The molecule has 2 bridgehead atoms. The SMILES string of the molecule is CC(=O)Nc1ccc(N2C(=O)C3C4CC(C(Br)C4Br)C3C2=O)cc1. The molecule has 1 aromatic rings. The normalized spacial score (nSPS) is 37.0. The Balaban J connectivity index is 1.63. The third-order valence-corrected chi connectivity index (χ3v) is 8.64. The highest BCUT2D eigenvalue weighted by Gasteiger charge is 2.66. The number of carbonyl (C=O) groups is 3. The summed E-state index contributed by atoms with van der Waals surface area (Å²) in [6.07, 6.45) is 0.925. The Kier molecular flexibility index (Phi) is 3.84. The van der Waals surface area contributed by atoms with Gasteiger partial charge in [0.15, 0.2) is 0 Å². The van der Waals surface area contributed by atoms with Gasteiger partial charge in [0.25, 0.3) is 0 Å². The third-order valence-electron chi connectivity index (χ3n) is 5.43. The molecule has 0 aromatic heterocycles. The second-order valence-corrected chi connectivity index (χ2v) is 8.86. The Morgan fingerprint density at radius 2 is 1.54 bits per heavy atom. The first-order chi connectivity index (χ1) is 11.4. The van der Waals surface area contributed by atoms with E-state index in [-0.39, 0.29) is 51.0 Å². The topological polar surface area (TPSA) is 66.5 Å². The number of amides is 3. The van der Waals surface area contributed by atoms with Crippen LogP contribution in [0, 0.1) is 23.7 Å². The van der Waals surface area contributed by atoms with Crippen molar-refractivity contribution in [1.29, 1.82) is 0 Å². The van der Waals surface area contributed by atoms with Gasteiger partial charge in [0, 0.05) is 22.3 Å². The summed E-state index contributed by atoms with van der Waals surface area (Å²) in [5.74, 6) is -0.337. The highest BCUT2D eigenvalue weighted by Crippen LogP contribution is 2.60. The molecule has 3 amide bonds. The molecule has 0 radical (unpaired) electrons. The van der Waals surface area contributed by atoms with Crippen LogP contribution in [0.25, 0.3) is 0 Å². The first-order valence-electron chi connectivity index (χ1n) is 7.93. The maximum absolute atomic E-state index is 12.9. The molecular weight excluding hydrogens is 440 g/mol. The van der Waals surface area contributed by atoms with Crippen molar-refractivity contribution in [3.8, 4) is 0 Å². The van der Waals surface area contributed by atoms with Crippen LogP contribution < -0.4 is 10.2 Å². The zero-order valence-electron chi connectivity index (χ0n) is 12.9. The molecular formula is C17H16Br2N2O3. The van der Waals surface area contributed by atoms with Gasteiger partial charge in [0.1, 0.15) is 0 Å². The standard InChI is InChI=1S/C17H16Br2N2O3/c1-7(22)20-8-2-4-9(5-3-8)21-16(23)12-10-6-11(13(12)17(21)24)15(19)14(10)18/h2-5,10-15H,6H2,1H3,(H,20,22). The van der Waals surface area contributed by atoms with Crippen molar-refractivity contribution < 1.29 is 14.4 Å². The minimum absolute atomic E-state index is 0.0892. The molecule has 6 unspecified atom stereocenters. The molecule has 6 atom stereocenters. The molecule has 2 aliphatic carbocycles. The average molecular weight is 456 g/mol. The van der Waals surface area contributed by atoms with Crippen LogP contribution in [0.1, 0.15) is 13.3 Å². The van der Waals surface area contributed by atoms with Crippen molar-refractivity contribution in [1.82, 2.24) is 0 Å². The second-order valence-electron chi connectivity index (χ2n) is 6.74. The van der Waals surface area contributed by atoms with Gasteiger partial charge in [-0.05, 0) is 42.5 Å². The number of alkyl halides is 2. The zero-order valence-corrected chi connectivity index (χ0v) is 16.1. The van der Waals surface area contributed by atoms with Crippen LogP contribution in [0.3, 0.4) is 0 Å². The molecule has 0 spiro atoms. The van der Waals surface area contributed by atoms with Gasteiger partial charge in [-0.1, -0.05) is 31.9 Å². The number of nitrogens with zero attached hydrogens (tertiary/aromatic N) is 1. The third kappa shape index (κ3) is 2.20. The summed E-state index contributed by atoms with van der Waals surface area (Å²) in [6.45, 7) is 1.44. The molecule has 5 nitrogen and oxygen atoms in total. The van der Waals surface area contributed by atoms with E-state index in [2.05, 4.69) is 37.2 Å². The van der Waals surface area contributed by atoms with E-state index in [1.165, 1.54) is 11.8 Å². The number of rotatable bonds is 2. The maximum Gasteiger partial charge on any atom is 0.238 e. The minimum Gasteiger partial charge on any atom is -0.326 e. The van der Waals surface area contributed by atoms with Crippen LogP contribution in [0.5, 0.6) is 0 Å². The Morgan fingerprint density at radius 1 is 1.04 bits per heavy atom. The molecule has 3 aliphatic rings. The number of fused-ring (bicyclic) bond motifs is 5. The smallest absolute Gasteiger partial charge is 0.238 e. The lowest BCUT2D eigenvalue weighted by Gasteiger charge is -2.28. The molecule has 7 heteroatoms. The molecule has 3 fully saturated rings. The summed E-state index contributed by atoms with van der Waals surface area (Å²) in [4.78, 5) is 38.7. The second kappa shape index (κ2) is 5.66. The van der Waals surface area contributed by atoms with Crippen molar-refractivity contribution in [2.75, 3.05) is 10.2 Å². The maximum atomic E-state index is 12.9. The van der Waals surface area contributed by atoms with Crippen molar-refractivity contribution in [2.45, 2.75) is 23.0 Å². The molecule has 4 rings (SSSR count). The fourth-order valence-corrected chi connectivity index (χ4v) is 6.37. The highest BCUT2D eigenvalue weighted by molar-refractivity contribution is 9.12. The van der Waals surface area contributed by atoms with Crippen LogP contribution >= 0.6 is 31.9 Å². The summed E-state index contributed by atoms with van der Waals surface area (Å²) < 4.78 is 0. The number of nitrogens with one attached hydrogen (secondary N) is 1. The van der Waals surface area contributed by atoms with Gasteiger partial charge in [-0.2, -0.15) is 0 Å². The molecule has 1 saturated heterocycles. The van der Waals surface area contributed by atoms with Crippen molar-refractivity contribution >= 4 is 61.0 Å². The van der Waals surface area contributed by atoms with Crippen LogP contribution in [-0.2, 0) is 14.4 Å². The Labute approximate surface area is 156 Å². The number of anilines is 2. The lowest BCUT2D eigenvalue weighted by molar-refractivity contribution is -0.123. The van der Waals surface area contributed by atoms with E-state index in [4.69, 9.17) is 0 Å². The van der Waals surface area contributed by atoms with Crippen molar-refractivity contribution in [2.24, 2.45) is 23.7 Å². The number of hydrogen-bond acceptors (Lipinski definition) is 3. The van der Waals surface area contributed by atoms with Gasteiger partial charge < -0.3 is 5.32 Å². The molecule has 1 aliphatic heterocycles. The number of hydrogen-bond donors (Lipinski definition) is 1. The van der Waals surface area contributed by atoms with E-state index in [0.717, 1.165) is 6.42 Å². The van der Waals surface area contributed by atoms with Crippen LogP contribution in [0.15, 0.2) is 24.3 Å². The van der Waals surface area contributed by atoms with Gasteiger partial charge in [-0.15, -0.1) is 0 Å². The molecule has 2 saturated carbocycles. The van der Waals surface area contributed by atoms with Gasteiger partial charge in [-0.25, -0.2) is 0 Å². The van der Waals surface area contributed by atoms with Crippen molar-refractivity contribution in [3.05, 3.63) is 24.3 Å². The molecule has 24 heavy (non-hydrogen) atoms. The van der Waals surface area contributed by atoms with Gasteiger partial charge in [-0.3, -0.25) is 19.3 Å². The fraction of sp³-hybridized carbons (Fsp3) is 0.471. The Morgan fingerprint density at radius 3 is 2.00 bits per heavy atom. The molecule has 1 N–H and O–H groups in total. The number of halogens is 2. The van der Waals surface area contributed by atoms with Crippen LogP contribution in [-0.4, -0.2) is 27.4 Å². The number of carbonyl (C=O) groups excluding carboxylic acids is 3. The minimum atomic E-state index is -0.212. The predicted molar refractivity (Wildman–Crippen MR) is 97.2 cm³/mol. The summed E-state index contributed by atoms with van der Waals surface area (Å²) in [5.41, 5.74) is 1.22. The largest absolute Gasteiger partial charge is 0.326 e. The number of imide groups is 1. The van der Waals surface area contributed by atoms with Crippen LogP contribution in [0.4, 0.5) is 11.4 Å². The van der Waals surface area contributed by atoms with E-state index in [0.29, 0.717) is 11.4 Å². The molecule has 1 heterocycles. The lowest BCUT2D eigenvalue weighted by atomic mass is 9.81. The van der Waals surface area contributed by atoms with Crippen LogP contribution in [0.2, 0.25) is 0 Å². The highest BCUT2D eigenvalue weighted by atomic mass is 79.9. The monoisotopic (exact) mass is 454 g/mol. The average Bonchev–Trinajstić information content (AvgIpc) is 3.13. The first kappa shape index (κ1) is 16.3. The summed E-state index contributed by atoms with van der Waals surface area (Å²) >= 11 is 7.37. The van der Waals surface area contributed by atoms with Crippen molar-refractivity contribution in [3.63, 3.8) is 0 Å². The van der Waals surface area contributed by atoms with E-state index in [9.17, 15) is 14.4 Å². The lowest BCUT2D eigenvalue weighted by Crippen LogP contribution is -2.37. The van der Waals surface area contributed by atoms with Gasteiger partial charge in [0.2, 0.25) is 17.7 Å². The Hall–Kier alpha value is -1.21. The molecule has 1 aromatic carbocycles. The summed E-state index contributed by atoms with van der Waals surface area (Å²) in [7, 11) is 0. The Bertz CT molecular complexity index is 704. The van der Waals surface area contributed by atoms with E-state index >= 15 is 0 Å². The quantitative estimate of drug-likeness (QED) is 0.550. The van der Waals surface area contributed by atoms with E-state index < -0.39 is 0 Å². The van der Waals surface area contributed by atoms with E-state index in [1.807, 2.05) is 0 Å². The summed E-state index contributed by atoms with van der Waals surface area (Å²) in [5, 5.41) is 2.68. The van der Waals surface area contributed by atoms with E-state index in [1.54, 1.807) is 24.3 Å². The first-order valence-corrected chi connectivity index (χ1v) is 9.77. The number of benzene rings is 1. The fourth-order valence-electron chi connectivity index (χ4n) is 4.50. The van der Waals surface area contributed by atoms with Gasteiger partial charge >= 0.3 is 0 Å². The molecule has 126 valence electrons.